The van der Waals surface area contributed by atoms with Gasteiger partial charge >= 0.3 is 5.97 Å². The fraction of sp³-hybridized carbons (Fsp3) is 0.308. The highest BCUT2D eigenvalue weighted by molar-refractivity contribution is 5.87. The molecule has 0 bridgehead atoms. The van der Waals surface area contributed by atoms with Crippen molar-refractivity contribution >= 4 is 5.97 Å². The Morgan fingerprint density at radius 2 is 1.45 bits per heavy atom. The van der Waals surface area contributed by atoms with Crippen LogP contribution in [0.25, 0.3) is 0 Å². The number of benzene rings is 1. The van der Waals surface area contributed by atoms with Crippen molar-refractivity contribution in [3.8, 4) is 0 Å². The highest BCUT2D eigenvalue weighted by Gasteiger charge is 2.27. The van der Waals surface area contributed by atoms with Crippen molar-refractivity contribution in [3.63, 3.8) is 0 Å². The van der Waals surface area contributed by atoms with Crippen molar-refractivity contribution in [1.29, 1.82) is 0 Å². The van der Waals surface area contributed by atoms with Gasteiger partial charge in [0, 0.05) is 17.6 Å². The van der Waals surface area contributed by atoms with E-state index in [1.807, 2.05) is 0 Å². The molecule has 0 spiro atoms. The molecule has 0 heterocycles. The number of carbonyl (C=O) groups excluding carboxylic acids is 1. The Morgan fingerprint density at radius 3 is 1.85 bits per heavy atom. The molecule has 1 rings (SSSR count). The van der Waals surface area contributed by atoms with Crippen LogP contribution in [0.15, 0.2) is 12.2 Å². The minimum absolute atomic E-state index is 0.0502. The van der Waals surface area contributed by atoms with Crippen LogP contribution >= 0.6 is 0 Å². The Hall–Kier alpha value is -1.92. The van der Waals surface area contributed by atoms with Gasteiger partial charge in [0.1, 0.15) is 6.10 Å². The largest absolute Gasteiger partial charge is 0.459 e. The molecule has 1 aromatic carbocycles. The molecule has 20 heavy (non-hydrogen) atoms. The lowest BCUT2D eigenvalue weighted by molar-refractivity contribution is -0.143. The molecule has 1 unspecified atom stereocenters. The van der Waals surface area contributed by atoms with Crippen LogP contribution in [0.2, 0.25) is 0 Å². The average Bonchev–Trinajstić information content (AvgIpc) is 2.39. The van der Waals surface area contributed by atoms with Crippen LogP contribution in [-0.2, 0) is 16.0 Å². The van der Waals surface area contributed by atoms with E-state index in [2.05, 4.69) is 6.58 Å². The van der Waals surface area contributed by atoms with Gasteiger partial charge in [-0.3, -0.25) is 0 Å². The van der Waals surface area contributed by atoms with Crippen molar-refractivity contribution < 1.29 is 31.5 Å². The summed E-state index contributed by atoms with van der Waals surface area (Å²) in [5, 5.41) is 0. The van der Waals surface area contributed by atoms with E-state index in [4.69, 9.17) is 4.74 Å². The highest BCUT2D eigenvalue weighted by Crippen LogP contribution is 2.24. The van der Waals surface area contributed by atoms with E-state index in [1.54, 1.807) is 0 Å². The number of carbonyl (C=O) groups is 1. The molecule has 1 atom stereocenters. The highest BCUT2D eigenvalue weighted by atomic mass is 19.2. The summed E-state index contributed by atoms with van der Waals surface area (Å²) < 4.78 is 70.2. The summed E-state index contributed by atoms with van der Waals surface area (Å²) in [6.07, 6.45) is -1.72. The van der Waals surface area contributed by atoms with Gasteiger partial charge in [0.25, 0.3) is 0 Å². The Morgan fingerprint density at radius 1 is 1.05 bits per heavy atom. The van der Waals surface area contributed by atoms with Crippen molar-refractivity contribution in [1.82, 2.24) is 0 Å². The maximum absolute atomic E-state index is 13.4. The lowest BCUT2D eigenvalue weighted by Crippen LogP contribution is -2.20. The molecule has 0 fully saturated rings. The number of ether oxygens (including phenoxy) is 1. The lowest BCUT2D eigenvalue weighted by atomic mass is 10.1. The fourth-order valence-corrected chi connectivity index (χ4v) is 1.44. The van der Waals surface area contributed by atoms with Gasteiger partial charge in [0.05, 0.1) is 0 Å². The van der Waals surface area contributed by atoms with E-state index in [1.165, 1.54) is 13.8 Å². The van der Waals surface area contributed by atoms with Crippen molar-refractivity contribution in [3.05, 3.63) is 46.8 Å². The van der Waals surface area contributed by atoms with Gasteiger partial charge in [-0.1, -0.05) is 6.58 Å². The van der Waals surface area contributed by atoms with Gasteiger partial charge in [-0.2, -0.15) is 0 Å². The van der Waals surface area contributed by atoms with Crippen LogP contribution in [0.3, 0.4) is 0 Å². The molecule has 0 aliphatic rings. The van der Waals surface area contributed by atoms with Gasteiger partial charge in [-0.25, -0.2) is 26.7 Å². The van der Waals surface area contributed by atoms with Crippen molar-refractivity contribution in [2.24, 2.45) is 0 Å². The lowest BCUT2D eigenvalue weighted by Gasteiger charge is -2.15. The zero-order valence-corrected chi connectivity index (χ0v) is 10.7. The minimum atomic E-state index is -2.23. The van der Waals surface area contributed by atoms with Crippen LogP contribution in [-0.4, -0.2) is 12.1 Å². The molecule has 0 N–H and O–H groups in total. The standard InChI is InChI=1S/C13H11F5O2/c1-5(2)13(19)20-6(3)4-7-8(14)10(16)12(18)11(17)9(7)15/h6H,1,4H2,2-3H3. The van der Waals surface area contributed by atoms with Gasteiger partial charge < -0.3 is 4.74 Å². The van der Waals surface area contributed by atoms with Crippen molar-refractivity contribution in [2.75, 3.05) is 0 Å². The third-order valence-corrected chi connectivity index (χ3v) is 2.45. The second-order valence-corrected chi connectivity index (χ2v) is 4.25. The maximum atomic E-state index is 13.4. The second kappa shape index (κ2) is 6.02. The molecule has 0 saturated heterocycles. The molecule has 0 aromatic heterocycles. The number of rotatable bonds is 4. The monoisotopic (exact) mass is 294 g/mol. The molecule has 1 aromatic rings. The molecule has 0 aliphatic heterocycles. The molecule has 0 amide bonds. The normalized spacial score (nSPS) is 12.2. The third kappa shape index (κ3) is 3.15. The predicted molar refractivity (Wildman–Crippen MR) is 60.3 cm³/mol. The van der Waals surface area contributed by atoms with Crippen LogP contribution < -0.4 is 0 Å². The van der Waals surface area contributed by atoms with Crippen LogP contribution in [0, 0.1) is 29.1 Å². The molecular weight excluding hydrogens is 283 g/mol. The van der Waals surface area contributed by atoms with Gasteiger partial charge in [-0.15, -0.1) is 0 Å². The van der Waals surface area contributed by atoms with Crippen LogP contribution in [0.5, 0.6) is 0 Å². The van der Waals surface area contributed by atoms with Crippen LogP contribution in [0.4, 0.5) is 22.0 Å². The molecule has 0 radical (unpaired) electrons. The predicted octanol–water partition coefficient (Wildman–Crippen LogP) is 3.43. The molecular formula is C13H11F5O2. The SMILES string of the molecule is C=C(C)C(=O)OC(C)Cc1c(F)c(F)c(F)c(F)c1F. The summed E-state index contributed by atoms with van der Waals surface area (Å²) in [5.41, 5.74) is -0.974. The maximum Gasteiger partial charge on any atom is 0.333 e. The average molecular weight is 294 g/mol. The first kappa shape index (κ1) is 16.1. The number of hydrogen-bond donors (Lipinski definition) is 0. The Kier molecular flexibility index (Phi) is 4.86. The second-order valence-electron chi connectivity index (χ2n) is 4.25. The first-order valence-electron chi connectivity index (χ1n) is 5.53. The zero-order valence-electron chi connectivity index (χ0n) is 10.7. The molecule has 2 nitrogen and oxygen atoms in total. The summed E-state index contributed by atoms with van der Waals surface area (Å²) >= 11 is 0. The zero-order chi connectivity index (χ0) is 15.6. The van der Waals surface area contributed by atoms with Gasteiger partial charge in [0.2, 0.25) is 5.82 Å². The third-order valence-electron chi connectivity index (χ3n) is 2.45. The quantitative estimate of drug-likeness (QED) is 0.279. The number of halogens is 5. The molecule has 0 saturated carbocycles. The minimum Gasteiger partial charge on any atom is -0.459 e. The van der Waals surface area contributed by atoms with E-state index < -0.39 is 53.1 Å². The van der Waals surface area contributed by atoms with E-state index >= 15 is 0 Å². The Balaban J connectivity index is 3.04. The molecule has 110 valence electrons. The van der Waals surface area contributed by atoms with E-state index in [9.17, 15) is 26.7 Å². The van der Waals surface area contributed by atoms with E-state index in [-0.39, 0.29) is 5.57 Å². The summed E-state index contributed by atoms with van der Waals surface area (Å²) in [6, 6.07) is 0. The first-order chi connectivity index (χ1) is 9.16. The number of hydrogen-bond acceptors (Lipinski definition) is 2. The van der Waals surface area contributed by atoms with Gasteiger partial charge in [-0.05, 0) is 13.8 Å². The first-order valence-corrected chi connectivity index (χ1v) is 5.53. The Bertz CT molecular complexity index is 539. The van der Waals surface area contributed by atoms with Crippen molar-refractivity contribution in [2.45, 2.75) is 26.4 Å². The van der Waals surface area contributed by atoms with E-state index in [0.29, 0.717) is 0 Å². The van der Waals surface area contributed by atoms with E-state index in [0.717, 1.165) is 0 Å². The Labute approximate surface area is 111 Å². The molecule has 0 aliphatic carbocycles. The van der Waals surface area contributed by atoms with Crippen LogP contribution in [0.1, 0.15) is 19.4 Å². The smallest absolute Gasteiger partial charge is 0.333 e. The van der Waals surface area contributed by atoms with Gasteiger partial charge in [0.15, 0.2) is 23.3 Å². The number of esters is 1. The molecule has 7 heteroatoms. The summed E-state index contributed by atoms with van der Waals surface area (Å²) in [4.78, 5) is 11.2. The summed E-state index contributed by atoms with van der Waals surface area (Å²) in [7, 11) is 0. The fourth-order valence-electron chi connectivity index (χ4n) is 1.44. The topological polar surface area (TPSA) is 26.3 Å². The summed E-state index contributed by atoms with van der Waals surface area (Å²) in [5.74, 6) is -11.0. The summed E-state index contributed by atoms with van der Waals surface area (Å²) in [6.45, 7) is 5.92.